The maximum absolute atomic E-state index is 14.5. The molecule has 4 bridgehead atoms. The van der Waals surface area contributed by atoms with E-state index in [1.165, 1.54) is 11.0 Å². The number of ether oxygens (including phenoxy) is 2. The maximum Gasteiger partial charge on any atom is 0.407 e. The number of hydrogen-bond acceptors (Lipinski definition) is 9. The lowest BCUT2D eigenvalue weighted by Crippen LogP contribution is -2.58. The number of nitrogens with one attached hydrogen (secondary N) is 3. The Morgan fingerprint density at radius 3 is 2.64 bits per heavy atom. The number of allylic oxidation sites excluding steroid dienone is 1. The number of alkyl carbamates (subject to hydrolysis) is 1. The zero-order valence-electron chi connectivity index (χ0n) is 31.6. The van der Waals surface area contributed by atoms with Crippen LogP contribution in [0.4, 0.5) is 4.79 Å². The first kappa shape index (κ1) is 39.0. The topological polar surface area (TPSA) is 173 Å². The fraction of sp³-hybridized carbons (Fsp3) is 0.452. The van der Waals surface area contributed by atoms with Gasteiger partial charge in [0.2, 0.25) is 21.8 Å². The van der Waals surface area contributed by atoms with E-state index in [4.69, 9.17) is 14.5 Å². The summed E-state index contributed by atoms with van der Waals surface area (Å²) in [4.78, 5) is 61.8. The van der Waals surface area contributed by atoms with Crippen molar-refractivity contribution in [1.29, 1.82) is 0 Å². The minimum atomic E-state index is -3.90. The number of fused-ring (bicyclic) bond motifs is 3. The molecule has 14 heteroatoms. The smallest absolute Gasteiger partial charge is 0.407 e. The monoisotopic (exact) mass is 783 g/mol. The summed E-state index contributed by atoms with van der Waals surface area (Å²) < 4.78 is 39.9. The summed E-state index contributed by atoms with van der Waals surface area (Å²) in [5.41, 5.74) is 1.69. The van der Waals surface area contributed by atoms with Crippen molar-refractivity contribution < 1.29 is 37.1 Å². The van der Waals surface area contributed by atoms with Crippen molar-refractivity contribution in [3.05, 3.63) is 78.9 Å². The number of nitrogens with zero attached hydrogens (tertiary/aromatic N) is 2. The predicted octanol–water partition coefficient (Wildman–Crippen LogP) is 5.40. The molecule has 56 heavy (non-hydrogen) atoms. The number of pyridine rings is 1. The fourth-order valence-electron chi connectivity index (χ4n) is 7.54. The Labute approximate surface area is 327 Å². The molecule has 4 aliphatic rings. The summed E-state index contributed by atoms with van der Waals surface area (Å²) in [5.74, 6) is -1.93. The summed E-state index contributed by atoms with van der Waals surface area (Å²) in [5, 5.41) is 5.71. The van der Waals surface area contributed by atoms with Gasteiger partial charge in [-0.15, -0.1) is 6.58 Å². The number of carbonyl (C=O) groups is 4. The van der Waals surface area contributed by atoms with Crippen LogP contribution in [0.3, 0.4) is 0 Å². The second kappa shape index (κ2) is 16.5. The number of carbonyl (C=O) groups excluding carboxylic acids is 4. The fourth-order valence-corrected chi connectivity index (χ4v) is 8.91. The average molecular weight is 784 g/mol. The van der Waals surface area contributed by atoms with Gasteiger partial charge in [0.1, 0.15) is 29.5 Å². The van der Waals surface area contributed by atoms with Crippen LogP contribution in [0.5, 0.6) is 5.75 Å². The molecule has 2 saturated carbocycles. The lowest BCUT2D eigenvalue weighted by atomic mass is 10.1. The van der Waals surface area contributed by atoms with Gasteiger partial charge in [0.25, 0.3) is 5.91 Å². The molecule has 1 aromatic heterocycles. The van der Waals surface area contributed by atoms with Crippen LogP contribution in [0.25, 0.3) is 28.2 Å². The number of cyclic esters (lactones) is 1. The molecular weight excluding hydrogens is 735 g/mol. The first-order chi connectivity index (χ1) is 27.0. The molecule has 0 spiro atoms. The van der Waals surface area contributed by atoms with Crippen molar-refractivity contribution >= 4 is 50.8 Å². The number of unbranched alkanes of at least 4 members (excludes halogenated alkanes) is 1. The van der Waals surface area contributed by atoms with Crippen molar-refractivity contribution in [2.75, 3.05) is 13.2 Å². The highest BCUT2D eigenvalue weighted by molar-refractivity contribution is 7.91. The van der Waals surface area contributed by atoms with Crippen molar-refractivity contribution in [3.8, 4) is 17.0 Å². The van der Waals surface area contributed by atoms with Gasteiger partial charge in [0.05, 0.1) is 29.6 Å². The first-order valence-corrected chi connectivity index (χ1v) is 21.1. The summed E-state index contributed by atoms with van der Waals surface area (Å²) in [6.45, 7) is 5.96. The third-order valence-electron chi connectivity index (χ3n) is 11.0. The molecule has 3 aromatic rings. The lowest BCUT2D eigenvalue weighted by molar-refractivity contribution is -0.141. The van der Waals surface area contributed by atoms with Crippen LogP contribution < -0.4 is 20.1 Å². The van der Waals surface area contributed by atoms with Gasteiger partial charge in [0.15, 0.2) is 0 Å². The second-order valence-corrected chi connectivity index (χ2v) is 17.1. The quantitative estimate of drug-likeness (QED) is 0.228. The van der Waals surface area contributed by atoms with Crippen LogP contribution in [0.1, 0.15) is 76.7 Å². The lowest BCUT2D eigenvalue weighted by Gasteiger charge is -2.29. The molecule has 4 amide bonds. The molecule has 7 rings (SSSR count). The van der Waals surface area contributed by atoms with Gasteiger partial charge in [-0.25, -0.2) is 18.2 Å². The first-order valence-electron chi connectivity index (χ1n) is 19.6. The highest BCUT2D eigenvalue weighted by atomic mass is 32.2. The van der Waals surface area contributed by atoms with Crippen molar-refractivity contribution in [3.63, 3.8) is 0 Å². The van der Waals surface area contributed by atoms with Crippen LogP contribution in [-0.4, -0.2) is 84.2 Å². The number of amides is 4. The van der Waals surface area contributed by atoms with Crippen molar-refractivity contribution in [2.24, 2.45) is 5.92 Å². The zero-order chi connectivity index (χ0) is 39.5. The van der Waals surface area contributed by atoms with Gasteiger partial charge >= 0.3 is 6.09 Å². The van der Waals surface area contributed by atoms with E-state index in [9.17, 15) is 27.6 Å². The summed E-state index contributed by atoms with van der Waals surface area (Å²) in [7, 11) is -3.90. The molecule has 3 fully saturated rings. The van der Waals surface area contributed by atoms with Crippen LogP contribution in [0.15, 0.2) is 73.3 Å². The van der Waals surface area contributed by atoms with E-state index >= 15 is 0 Å². The molecule has 3 N–H and O–H groups in total. The van der Waals surface area contributed by atoms with Crippen LogP contribution in [-0.2, 0) is 29.1 Å². The van der Waals surface area contributed by atoms with Gasteiger partial charge in [0, 0.05) is 29.4 Å². The number of benzene rings is 2. The van der Waals surface area contributed by atoms with Gasteiger partial charge in [-0.3, -0.25) is 19.1 Å². The van der Waals surface area contributed by atoms with Crippen molar-refractivity contribution in [2.45, 2.75) is 100 Å². The van der Waals surface area contributed by atoms with Crippen LogP contribution >= 0.6 is 0 Å². The predicted molar refractivity (Wildman–Crippen MR) is 212 cm³/mol. The Morgan fingerprint density at radius 1 is 1.11 bits per heavy atom. The Balaban J connectivity index is 1.25. The molecule has 2 aliphatic heterocycles. The molecule has 0 unspecified atom stereocenters. The SMILES string of the molecule is C=C[C@@H]1C[C@]1(NC(=O)[C@@H]1C[C@@H]2CN1C(=O)[C@H](CCCC)NC(=O)OCCCCC=Cc1ccc3nc(-c4ccccc4)cc(c3c1)O2)C(=O)NS(=O)(=O)C1CC1. The minimum absolute atomic E-state index is 0.000491. The van der Waals surface area contributed by atoms with Gasteiger partial charge in [-0.1, -0.05) is 74.4 Å². The van der Waals surface area contributed by atoms with E-state index in [-0.39, 0.29) is 26.0 Å². The highest BCUT2D eigenvalue weighted by Crippen LogP contribution is 2.45. The molecule has 0 radical (unpaired) electrons. The second-order valence-electron chi connectivity index (χ2n) is 15.2. The summed E-state index contributed by atoms with van der Waals surface area (Å²) >= 11 is 0. The molecule has 296 valence electrons. The standard InChI is InChI=1S/C42H49N5O8S/c1-3-5-16-34-39(49)47-26-30(23-36(47)38(48)45-42(25-29(42)4-2)40(50)46-56(52,53)31-18-19-31)55-37-24-35(28-14-10-8-11-15-28)43-33-20-17-27(22-32(33)37)13-9-6-7-12-21-54-41(51)44-34/h4,8-11,13-15,17,20,22,24,29-31,34,36H,2-3,5-7,12,16,18-19,21,23,25-26H2,1H3,(H,44,51)(H,45,48)(H,46,50)/t29-,30-,34+,36+,42-/m1/s1. The van der Waals surface area contributed by atoms with E-state index in [2.05, 4.69) is 28.0 Å². The third kappa shape index (κ3) is 8.59. The molecule has 2 aromatic carbocycles. The highest BCUT2D eigenvalue weighted by Gasteiger charge is 2.62. The van der Waals surface area contributed by atoms with Crippen molar-refractivity contribution in [1.82, 2.24) is 25.2 Å². The van der Waals surface area contributed by atoms with E-state index < -0.39 is 68.7 Å². The number of rotatable bonds is 10. The molecule has 2 aliphatic carbocycles. The Hall–Kier alpha value is -5.24. The van der Waals surface area contributed by atoms with Gasteiger partial charge in [-0.05, 0) is 62.6 Å². The largest absolute Gasteiger partial charge is 0.488 e. The Morgan fingerprint density at radius 2 is 1.91 bits per heavy atom. The minimum Gasteiger partial charge on any atom is -0.488 e. The summed E-state index contributed by atoms with van der Waals surface area (Å²) in [6, 6.07) is 15.4. The molecule has 3 heterocycles. The average Bonchev–Trinajstić information content (AvgIpc) is 4.12. The molecule has 13 nitrogen and oxygen atoms in total. The number of sulfonamides is 1. The normalized spacial score (nSPS) is 25.6. The summed E-state index contributed by atoms with van der Waals surface area (Å²) in [6.07, 6.45) is 9.26. The van der Waals surface area contributed by atoms with E-state index in [0.717, 1.165) is 35.8 Å². The van der Waals surface area contributed by atoms with Crippen LogP contribution in [0.2, 0.25) is 0 Å². The molecular formula is C42H49N5O8S. The third-order valence-corrected chi connectivity index (χ3v) is 12.8. The van der Waals surface area contributed by atoms with E-state index in [1.54, 1.807) is 0 Å². The Kier molecular flexibility index (Phi) is 11.5. The molecule has 5 atom stereocenters. The van der Waals surface area contributed by atoms with Gasteiger partial charge < -0.3 is 25.0 Å². The van der Waals surface area contributed by atoms with Gasteiger partial charge in [-0.2, -0.15) is 0 Å². The number of hydrogen-bond donors (Lipinski definition) is 3. The van der Waals surface area contributed by atoms with E-state index in [0.29, 0.717) is 49.1 Å². The zero-order valence-corrected chi connectivity index (χ0v) is 32.4. The van der Waals surface area contributed by atoms with Crippen LogP contribution in [0, 0.1) is 5.92 Å². The van der Waals surface area contributed by atoms with E-state index in [1.807, 2.05) is 67.6 Å². The Bertz CT molecular complexity index is 2140. The molecule has 1 saturated heterocycles. The maximum atomic E-state index is 14.5. The number of aromatic nitrogens is 1.